The van der Waals surface area contributed by atoms with Gasteiger partial charge in [0.05, 0.1) is 16.2 Å². The first-order valence-electron chi connectivity index (χ1n) is 6.03. The van der Waals surface area contributed by atoms with E-state index in [1.807, 2.05) is 0 Å². The van der Waals surface area contributed by atoms with Gasteiger partial charge < -0.3 is 9.84 Å². The van der Waals surface area contributed by atoms with Gasteiger partial charge >= 0.3 is 5.97 Å². The number of hydrogen-bond acceptors (Lipinski definition) is 6. The largest absolute Gasteiger partial charge is 0.506 e. The molecule has 0 spiro atoms. The van der Waals surface area contributed by atoms with E-state index in [1.54, 1.807) is 6.92 Å². The van der Waals surface area contributed by atoms with Gasteiger partial charge in [-0.15, -0.1) is 0 Å². The van der Waals surface area contributed by atoms with Crippen LogP contribution in [0.5, 0.6) is 5.75 Å². The third-order valence-electron chi connectivity index (χ3n) is 2.80. The summed E-state index contributed by atoms with van der Waals surface area (Å²) in [6.45, 7) is 1.61. The zero-order valence-electron chi connectivity index (χ0n) is 11.1. The van der Waals surface area contributed by atoms with Crippen LogP contribution < -0.4 is 0 Å². The third kappa shape index (κ3) is 3.53. The number of pyridine rings is 1. The van der Waals surface area contributed by atoms with Crippen LogP contribution in [0.2, 0.25) is 0 Å². The molecule has 0 atom stereocenters. The lowest BCUT2D eigenvalue weighted by atomic mass is 10.2. The van der Waals surface area contributed by atoms with Crippen molar-refractivity contribution in [1.29, 1.82) is 0 Å². The molecule has 0 amide bonds. The molecule has 0 aliphatic rings. The quantitative estimate of drug-likeness (QED) is 0.526. The van der Waals surface area contributed by atoms with Crippen LogP contribution in [0.25, 0.3) is 0 Å². The molecule has 1 heterocycles. The van der Waals surface area contributed by atoms with Crippen LogP contribution in [0.15, 0.2) is 36.5 Å². The maximum Gasteiger partial charge on any atom is 0.338 e. The fraction of sp³-hybridized carbons (Fsp3) is 0.143. The molecule has 0 aliphatic heterocycles. The lowest BCUT2D eigenvalue weighted by Gasteiger charge is -2.06. The summed E-state index contributed by atoms with van der Waals surface area (Å²) in [5.74, 6) is -0.580. The molecule has 0 unspecified atom stereocenters. The summed E-state index contributed by atoms with van der Waals surface area (Å²) in [4.78, 5) is 25.7. The van der Waals surface area contributed by atoms with Crippen LogP contribution >= 0.6 is 0 Å². The Labute approximate surface area is 120 Å². The Morgan fingerprint density at radius 3 is 2.62 bits per heavy atom. The number of nitro groups is 1. The Morgan fingerprint density at radius 2 is 2.05 bits per heavy atom. The van der Waals surface area contributed by atoms with Crippen molar-refractivity contribution < 1.29 is 19.6 Å². The number of ether oxygens (including phenoxy) is 1. The normalized spacial score (nSPS) is 10.1. The Morgan fingerprint density at radius 1 is 1.38 bits per heavy atom. The van der Waals surface area contributed by atoms with Crippen LogP contribution in [0.3, 0.4) is 0 Å². The van der Waals surface area contributed by atoms with Gasteiger partial charge in [0.2, 0.25) is 0 Å². The molecule has 0 radical (unpaired) electrons. The highest BCUT2D eigenvalue weighted by atomic mass is 16.6. The Balaban J connectivity index is 2.01. The van der Waals surface area contributed by atoms with Gasteiger partial charge in [0.1, 0.15) is 12.4 Å². The van der Waals surface area contributed by atoms with Gasteiger partial charge in [-0.05, 0) is 25.1 Å². The van der Waals surface area contributed by atoms with Crippen molar-refractivity contribution >= 4 is 11.7 Å². The number of hydrogen-bond donors (Lipinski definition) is 1. The highest BCUT2D eigenvalue weighted by Crippen LogP contribution is 2.16. The summed E-state index contributed by atoms with van der Waals surface area (Å²) in [5.41, 5.74) is 1.15. The number of nitro benzene ring substituents is 1. The Hall–Kier alpha value is -2.96. The third-order valence-corrected chi connectivity index (χ3v) is 2.80. The van der Waals surface area contributed by atoms with Crippen LogP contribution in [0.4, 0.5) is 5.69 Å². The molecule has 0 bridgehead atoms. The summed E-state index contributed by atoms with van der Waals surface area (Å²) in [6.07, 6.45) is 1.50. The molecule has 1 aromatic carbocycles. The van der Waals surface area contributed by atoms with Crippen molar-refractivity contribution in [2.45, 2.75) is 13.5 Å². The Bertz CT molecular complexity index is 682. The van der Waals surface area contributed by atoms with Crippen molar-refractivity contribution in [3.63, 3.8) is 0 Å². The van der Waals surface area contributed by atoms with Crippen LogP contribution in [0, 0.1) is 17.0 Å². The SMILES string of the molecule is Cc1ncc(COC(=O)c2ccc([N+](=O)[O-])cc2)cc1O. The van der Waals surface area contributed by atoms with Crippen molar-refractivity contribution in [1.82, 2.24) is 4.98 Å². The van der Waals surface area contributed by atoms with Crippen molar-refractivity contribution in [2.24, 2.45) is 0 Å². The van der Waals surface area contributed by atoms with Gasteiger partial charge in [0, 0.05) is 23.9 Å². The van der Waals surface area contributed by atoms with E-state index in [1.165, 1.54) is 36.5 Å². The molecule has 1 aromatic heterocycles. The number of carbonyl (C=O) groups is 1. The topological polar surface area (TPSA) is 103 Å². The average molecular weight is 288 g/mol. The van der Waals surface area contributed by atoms with Crippen molar-refractivity contribution in [2.75, 3.05) is 0 Å². The van der Waals surface area contributed by atoms with E-state index >= 15 is 0 Å². The predicted octanol–water partition coefficient (Wildman–Crippen LogP) is 2.36. The molecular weight excluding hydrogens is 276 g/mol. The summed E-state index contributed by atoms with van der Waals surface area (Å²) in [7, 11) is 0. The average Bonchev–Trinajstić information content (AvgIpc) is 2.48. The lowest BCUT2D eigenvalue weighted by Crippen LogP contribution is -2.05. The number of aromatic hydroxyl groups is 1. The van der Waals surface area contributed by atoms with Gasteiger partial charge in [-0.25, -0.2) is 4.79 Å². The minimum atomic E-state index is -0.607. The molecular formula is C14H12N2O5. The number of benzene rings is 1. The Kier molecular flexibility index (Phi) is 4.13. The van der Waals surface area contributed by atoms with Gasteiger partial charge in [0.15, 0.2) is 0 Å². The highest BCUT2D eigenvalue weighted by molar-refractivity contribution is 5.89. The van der Waals surface area contributed by atoms with Crippen molar-refractivity contribution in [3.05, 3.63) is 63.5 Å². The number of aryl methyl sites for hydroxylation is 1. The molecule has 7 heteroatoms. The first kappa shape index (κ1) is 14.4. The van der Waals surface area contributed by atoms with E-state index in [2.05, 4.69) is 4.98 Å². The van der Waals surface area contributed by atoms with Gasteiger partial charge in [-0.1, -0.05) is 0 Å². The number of non-ortho nitro benzene ring substituents is 1. The molecule has 108 valence electrons. The molecule has 0 saturated carbocycles. The maximum absolute atomic E-state index is 11.8. The van der Waals surface area contributed by atoms with E-state index in [0.717, 1.165) is 0 Å². The highest BCUT2D eigenvalue weighted by Gasteiger charge is 2.11. The molecule has 21 heavy (non-hydrogen) atoms. The number of esters is 1. The monoisotopic (exact) mass is 288 g/mol. The number of nitrogens with zero attached hydrogens (tertiary/aromatic N) is 2. The van der Waals surface area contributed by atoms with Crippen LogP contribution in [-0.2, 0) is 11.3 Å². The minimum absolute atomic E-state index is 0.0267. The molecule has 0 aliphatic carbocycles. The number of aromatic nitrogens is 1. The van der Waals surface area contributed by atoms with Crippen LogP contribution in [-0.4, -0.2) is 21.0 Å². The second kappa shape index (κ2) is 6.00. The summed E-state index contributed by atoms with van der Waals surface area (Å²) in [5, 5.41) is 20.0. The summed E-state index contributed by atoms with van der Waals surface area (Å²) >= 11 is 0. The molecule has 2 aromatic rings. The fourth-order valence-corrected chi connectivity index (χ4v) is 1.59. The van der Waals surface area contributed by atoms with Crippen molar-refractivity contribution in [3.8, 4) is 5.75 Å². The first-order valence-corrected chi connectivity index (χ1v) is 6.03. The van der Waals surface area contributed by atoms with E-state index in [9.17, 15) is 20.0 Å². The summed E-state index contributed by atoms with van der Waals surface area (Å²) < 4.78 is 5.05. The fourth-order valence-electron chi connectivity index (χ4n) is 1.59. The molecule has 0 saturated heterocycles. The maximum atomic E-state index is 11.8. The smallest absolute Gasteiger partial charge is 0.338 e. The number of carbonyl (C=O) groups excluding carboxylic acids is 1. The van der Waals surface area contributed by atoms with Gasteiger partial charge in [-0.2, -0.15) is 0 Å². The standard InChI is InChI=1S/C14H12N2O5/c1-9-13(17)6-10(7-15-9)8-21-14(18)11-2-4-12(5-3-11)16(19)20/h2-7,17H,8H2,1H3. The minimum Gasteiger partial charge on any atom is -0.506 e. The lowest BCUT2D eigenvalue weighted by molar-refractivity contribution is -0.384. The van der Waals surface area contributed by atoms with E-state index < -0.39 is 10.9 Å². The van der Waals surface area contributed by atoms with Gasteiger partial charge in [-0.3, -0.25) is 15.1 Å². The molecule has 0 fully saturated rings. The first-order chi connectivity index (χ1) is 9.97. The van der Waals surface area contributed by atoms with Gasteiger partial charge in [0.25, 0.3) is 5.69 Å². The zero-order chi connectivity index (χ0) is 15.4. The second-order valence-corrected chi connectivity index (χ2v) is 4.33. The zero-order valence-corrected chi connectivity index (χ0v) is 11.1. The molecule has 2 rings (SSSR count). The predicted molar refractivity (Wildman–Crippen MR) is 72.9 cm³/mol. The number of rotatable bonds is 4. The van der Waals surface area contributed by atoms with E-state index in [0.29, 0.717) is 11.3 Å². The molecule has 7 nitrogen and oxygen atoms in total. The van der Waals surface area contributed by atoms with E-state index in [4.69, 9.17) is 4.74 Å². The second-order valence-electron chi connectivity index (χ2n) is 4.33. The van der Waals surface area contributed by atoms with E-state index in [-0.39, 0.29) is 23.6 Å². The summed E-state index contributed by atoms with van der Waals surface area (Å²) in [6, 6.07) is 6.58. The van der Waals surface area contributed by atoms with Crippen LogP contribution in [0.1, 0.15) is 21.6 Å². The molecule has 1 N–H and O–H groups in total.